The maximum absolute atomic E-state index is 9.00. The lowest BCUT2D eigenvalue weighted by Gasteiger charge is -1.95. The molecule has 14 nitrogen and oxygen atoms in total. The fourth-order valence-corrected chi connectivity index (χ4v) is 0.329. The van der Waals surface area contributed by atoms with E-state index in [4.69, 9.17) is 66.2 Å². The number of hydrogen-bond acceptors (Lipinski definition) is 9. The van der Waals surface area contributed by atoms with Crippen LogP contribution in [0.25, 0.3) is 0 Å². The molecule has 0 aromatic carbocycles. The van der Waals surface area contributed by atoms with Crippen molar-refractivity contribution in [3.63, 3.8) is 0 Å². The molecule has 0 atom stereocenters. The molecular formula is C16H36N4O10. The molecule has 0 amide bonds. The molecule has 0 aromatic rings. The van der Waals surface area contributed by atoms with Crippen molar-refractivity contribution in [1.29, 1.82) is 5.26 Å². The van der Waals surface area contributed by atoms with Gasteiger partial charge in [-0.15, -0.1) is 0 Å². The van der Waals surface area contributed by atoms with E-state index in [0.29, 0.717) is 13.1 Å². The van der Waals surface area contributed by atoms with Crippen LogP contribution in [0, 0.1) is 11.3 Å². The summed E-state index contributed by atoms with van der Waals surface area (Å²) >= 11 is 0. The summed E-state index contributed by atoms with van der Waals surface area (Å²) in [6, 6.07) is 1.75. The monoisotopic (exact) mass is 444 g/mol. The van der Waals surface area contributed by atoms with Gasteiger partial charge < -0.3 is 42.3 Å². The van der Waals surface area contributed by atoms with Crippen LogP contribution in [0.5, 0.6) is 0 Å². The van der Waals surface area contributed by atoms with E-state index in [2.05, 4.69) is 5.32 Å². The zero-order valence-electron chi connectivity index (χ0n) is 18.2. The number of carboxylic acid groups (broad SMARTS) is 5. The normalized spacial score (nSPS) is 6.63. The van der Waals surface area contributed by atoms with Crippen LogP contribution >= 0.6 is 0 Å². The van der Waals surface area contributed by atoms with Gasteiger partial charge in [0, 0.05) is 67.7 Å². The lowest BCUT2D eigenvalue weighted by atomic mass is 10.6. The summed E-state index contributed by atoms with van der Waals surface area (Å²) in [6.45, 7) is 9.98. The summed E-state index contributed by atoms with van der Waals surface area (Å²) < 4.78 is 0. The molecule has 0 spiro atoms. The Labute approximate surface area is 176 Å². The van der Waals surface area contributed by atoms with Gasteiger partial charge in [-0.3, -0.25) is 24.0 Å². The second-order valence-electron chi connectivity index (χ2n) is 4.15. The van der Waals surface area contributed by atoms with Gasteiger partial charge in [-0.25, -0.2) is 0 Å². The summed E-state index contributed by atoms with van der Waals surface area (Å²) in [5.41, 5.74) is 10.3. The van der Waals surface area contributed by atoms with Crippen LogP contribution in [-0.2, 0) is 24.0 Å². The predicted octanol–water partition coefficient (Wildman–Crippen LogP) is -0.522. The third kappa shape index (κ3) is 26800. The molecule has 0 heterocycles. The van der Waals surface area contributed by atoms with Gasteiger partial charge in [-0.1, -0.05) is 0 Å². The Hall–Kier alpha value is -3.28. The molecule has 14 heteroatoms. The molecule has 0 saturated carbocycles. The Morgan fingerprint density at radius 2 is 0.767 bits per heavy atom. The van der Waals surface area contributed by atoms with E-state index >= 15 is 0 Å². The highest BCUT2D eigenvalue weighted by Crippen LogP contribution is 1.49. The molecule has 0 unspecified atom stereocenters. The van der Waals surface area contributed by atoms with Crippen molar-refractivity contribution in [3.05, 3.63) is 0 Å². The fourth-order valence-electron chi connectivity index (χ4n) is 0.329. The van der Waals surface area contributed by atoms with E-state index in [1.807, 2.05) is 0 Å². The standard InChI is InChI=1S/C4H13N3.C2H3N.5C2H4O2/c5-1-3-7-4-2-6;1-2-3;5*1-2(3)4/h7H,1-6H2;1H3;5*1H3,(H,3,4). The second kappa shape index (κ2) is 50.1. The zero-order chi connectivity index (χ0) is 26.1. The molecule has 0 aliphatic carbocycles. The van der Waals surface area contributed by atoms with Crippen LogP contribution in [-0.4, -0.2) is 81.6 Å². The minimum Gasteiger partial charge on any atom is -0.481 e. The number of carbonyl (C=O) groups is 5. The Morgan fingerprint density at radius 3 is 0.833 bits per heavy atom. The van der Waals surface area contributed by atoms with Crippen molar-refractivity contribution >= 4 is 29.8 Å². The topological polar surface area (TPSA) is 274 Å². The first-order valence-electron chi connectivity index (χ1n) is 7.89. The number of hydrogen-bond donors (Lipinski definition) is 8. The summed E-state index contributed by atoms with van der Waals surface area (Å²) in [5.74, 6) is -4.17. The first kappa shape index (κ1) is 45.5. The Morgan fingerprint density at radius 1 is 0.667 bits per heavy atom. The molecule has 0 saturated heterocycles. The van der Waals surface area contributed by atoms with E-state index in [9.17, 15) is 0 Å². The third-order valence-corrected chi connectivity index (χ3v) is 0.642. The van der Waals surface area contributed by atoms with Gasteiger partial charge >= 0.3 is 0 Å². The number of nitrogens with one attached hydrogen (secondary N) is 1. The summed E-state index contributed by atoms with van der Waals surface area (Å²) in [6.07, 6.45) is 0. The lowest BCUT2D eigenvalue weighted by Crippen LogP contribution is -2.27. The number of aliphatic carboxylic acids is 5. The molecule has 0 rings (SSSR count). The number of nitriles is 1. The average Bonchev–Trinajstić information content (AvgIpc) is 2.45. The smallest absolute Gasteiger partial charge is 0.300 e. The maximum Gasteiger partial charge on any atom is 0.300 e. The highest BCUT2D eigenvalue weighted by molar-refractivity contribution is 5.63. The van der Waals surface area contributed by atoms with Gasteiger partial charge in [0.1, 0.15) is 0 Å². The first-order chi connectivity index (χ1) is 13.5. The second-order valence-corrected chi connectivity index (χ2v) is 4.15. The van der Waals surface area contributed by atoms with Crippen molar-refractivity contribution in [2.75, 3.05) is 26.2 Å². The fraction of sp³-hybridized carbons (Fsp3) is 0.625. The number of carboxylic acids is 5. The molecule has 0 aliphatic rings. The maximum atomic E-state index is 9.00. The number of rotatable bonds is 4. The molecule has 30 heavy (non-hydrogen) atoms. The van der Waals surface area contributed by atoms with Crippen LogP contribution in [0.4, 0.5) is 0 Å². The summed E-state index contributed by atoms with van der Waals surface area (Å²) in [7, 11) is 0. The van der Waals surface area contributed by atoms with Gasteiger partial charge in [-0.2, -0.15) is 5.26 Å². The average molecular weight is 444 g/mol. The minimum absolute atomic E-state index is 0.694. The molecule has 180 valence electrons. The quantitative estimate of drug-likeness (QED) is 0.253. The van der Waals surface area contributed by atoms with Crippen LogP contribution in [0.2, 0.25) is 0 Å². The van der Waals surface area contributed by atoms with Crippen LogP contribution in [0.15, 0.2) is 0 Å². The molecule has 0 aliphatic heterocycles. The van der Waals surface area contributed by atoms with E-state index in [1.54, 1.807) is 6.07 Å². The van der Waals surface area contributed by atoms with Gasteiger partial charge in [0.2, 0.25) is 0 Å². The predicted molar refractivity (Wildman–Crippen MR) is 109 cm³/mol. The zero-order valence-corrected chi connectivity index (χ0v) is 18.2. The Bertz CT molecular complexity index is 358. The van der Waals surface area contributed by atoms with Crippen LogP contribution < -0.4 is 16.8 Å². The summed E-state index contributed by atoms with van der Waals surface area (Å²) in [4.78, 5) is 45.0. The van der Waals surface area contributed by atoms with Crippen molar-refractivity contribution in [2.45, 2.75) is 41.5 Å². The van der Waals surface area contributed by atoms with E-state index in [1.165, 1.54) is 6.92 Å². The summed E-state index contributed by atoms with van der Waals surface area (Å²) in [5, 5.41) is 47.4. The van der Waals surface area contributed by atoms with E-state index < -0.39 is 29.8 Å². The Kier molecular flexibility index (Phi) is 75.8. The largest absolute Gasteiger partial charge is 0.481 e. The molecule has 0 fully saturated rings. The van der Waals surface area contributed by atoms with E-state index in [0.717, 1.165) is 47.7 Å². The van der Waals surface area contributed by atoms with Gasteiger partial charge in [0.15, 0.2) is 0 Å². The number of nitrogens with two attached hydrogens (primary N) is 2. The Balaban J connectivity index is -0.0000000419. The van der Waals surface area contributed by atoms with Crippen molar-refractivity contribution < 1.29 is 49.5 Å². The minimum atomic E-state index is -0.833. The highest BCUT2D eigenvalue weighted by Gasteiger charge is 1.76. The van der Waals surface area contributed by atoms with Crippen molar-refractivity contribution in [1.82, 2.24) is 5.32 Å². The first-order valence-corrected chi connectivity index (χ1v) is 7.89. The lowest BCUT2D eigenvalue weighted by molar-refractivity contribution is -0.135. The van der Waals surface area contributed by atoms with Gasteiger partial charge in [0.05, 0.1) is 6.07 Å². The highest BCUT2D eigenvalue weighted by atomic mass is 16.4. The van der Waals surface area contributed by atoms with Crippen LogP contribution in [0.3, 0.4) is 0 Å². The molecule has 0 aromatic heterocycles. The molecule has 10 N–H and O–H groups in total. The van der Waals surface area contributed by atoms with Crippen LogP contribution in [0.1, 0.15) is 41.5 Å². The molecule has 0 radical (unpaired) electrons. The number of nitrogens with zero attached hydrogens (tertiary/aromatic N) is 1. The van der Waals surface area contributed by atoms with Gasteiger partial charge in [-0.05, 0) is 0 Å². The van der Waals surface area contributed by atoms with Crippen molar-refractivity contribution in [3.8, 4) is 6.07 Å². The van der Waals surface area contributed by atoms with Crippen molar-refractivity contribution in [2.24, 2.45) is 11.5 Å². The third-order valence-electron chi connectivity index (χ3n) is 0.642. The molecule has 0 bridgehead atoms. The van der Waals surface area contributed by atoms with E-state index in [-0.39, 0.29) is 0 Å². The molecular weight excluding hydrogens is 408 g/mol. The SMILES string of the molecule is CC#N.CC(=O)O.CC(=O)O.CC(=O)O.CC(=O)O.CC(=O)O.NCCNCCN. The van der Waals surface area contributed by atoms with Gasteiger partial charge in [0.25, 0.3) is 29.8 Å².